The van der Waals surface area contributed by atoms with Crippen LogP contribution in [0.15, 0.2) is 12.2 Å². The second kappa shape index (κ2) is 4.25. The first-order valence-corrected chi connectivity index (χ1v) is 4.40. The molecular weight excluding hydrogens is 155 g/mol. The van der Waals surface area contributed by atoms with E-state index in [4.69, 9.17) is 5.11 Å². The zero-order valence-corrected chi connectivity index (χ0v) is 6.59. The maximum Gasteiger partial charge on any atom is 0.333 e. The van der Waals surface area contributed by atoms with E-state index < -0.39 is 14.0 Å². The summed E-state index contributed by atoms with van der Waals surface area (Å²) in [5, 5.41) is 8.22. The molecule has 0 aliphatic heterocycles. The van der Waals surface area contributed by atoms with Crippen molar-refractivity contribution in [3.05, 3.63) is 12.2 Å². The van der Waals surface area contributed by atoms with E-state index in [1.54, 1.807) is 0 Å². The van der Waals surface area contributed by atoms with E-state index in [0.717, 1.165) is 0 Å². The summed E-state index contributed by atoms with van der Waals surface area (Å²) in [5.74, 6) is -1.12. The minimum Gasteiger partial charge on any atom is -0.478 e. The quantitative estimate of drug-likeness (QED) is 0.491. The van der Waals surface area contributed by atoms with Crippen LogP contribution in [0.5, 0.6) is 0 Å². The van der Waals surface area contributed by atoms with Gasteiger partial charge in [-0.05, 0) is 0 Å². The zero-order valence-electron chi connectivity index (χ0n) is 5.59. The molecule has 0 bridgehead atoms. The molecule has 0 rings (SSSR count). The first-order chi connectivity index (χ1) is 4.54. The Morgan fingerprint density at radius 3 is 2.60 bits per heavy atom. The molecule has 10 heavy (non-hydrogen) atoms. The Morgan fingerprint density at radius 1 is 1.80 bits per heavy atom. The molecule has 1 unspecified atom stereocenters. The van der Waals surface area contributed by atoms with E-state index in [1.165, 1.54) is 6.66 Å². The Morgan fingerprint density at radius 2 is 2.30 bits per heavy atom. The van der Waals surface area contributed by atoms with Crippen molar-refractivity contribution in [1.82, 2.24) is 0 Å². The molecule has 0 aromatic carbocycles. The Balaban J connectivity index is 3.60. The smallest absolute Gasteiger partial charge is 0.333 e. The summed E-state index contributed by atoms with van der Waals surface area (Å²) in [7, 11) is -2.04. The van der Waals surface area contributed by atoms with E-state index in [2.05, 4.69) is 11.1 Å². The molecule has 0 aliphatic carbocycles. The predicted molar refractivity (Wildman–Crippen MR) is 37.7 cm³/mol. The molecule has 0 heterocycles. The standard InChI is InChI=1S/C5H9O4P/c1-4(5(6)7)3-9-10(2)8/h10H,1,3H2,2H3,(H,6,7). The molecule has 0 saturated heterocycles. The van der Waals surface area contributed by atoms with Gasteiger partial charge in [-0.2, -0.15) is 0 Å². The van der Waals surface area contributed by atoms with Gasteiger partial charge in [0.15, 0.2) is 8.03 Å². The van der Waals surface area contributed by atoms with Gasteiger partial charge < -0.3 is 9.63 Å². The normalized spacial score (nSPS) is 12.5. The van der Waals surface area contributed by atoms with Crippen molar-refractivity contribution in [2.24, 2.45) is 0 Å². The molecule has 1 atom stereocenters. The summed E-state index contributed by atoms with van der Waals surface area (Å²) >= 11 is 0. The van der Waals surface area contributed by atoms with Crippen LogP contribution < -0.4 is 0 Å². The molecule has 5 heteroatoms. The molecule has 58 valence electrons. The van der Waals surface area contributed by atoms with E-state index in [-0.39, 0.29) is 12.2 Å². The Kier molecular flexibility index (Phi) is 4.00. The third-order valence-electron chi connectivity index (χ3n) is 0.752. The van der Waals surface area contributed by atoms with Crippen LogP contribution in [0.3, 0.4) is 0 Å². The molecular formula is C5H9O4P. The van der Waals surface area contributed by atoms with Gasteiger partial charge in [0.05, 0.1) is 12.2 Å². The van der Waals surface area contributed by atoms with Crippen LogP contribution in [0.4, 0.5) is 0 Å². The van der Waals surface area contributed by atoms with Gasteiger partial charge in [-0.25, -0.2) is 4.79 Å². The van der Waals surface area contributed by atoms with Crippen LogP contribution in [-0.4, -0.2) is 24.3 Å². The number of carboxylic acids is 1. The molecule has 0 fully saturated rings. The number of carboxylic acid groups (broad SMARTS) is 1. The van der Waals surface area contributed by atoms with Gasteiger partial charge in [0.1, 0.15) is 0 Å². The van der Waals surface area contributed by atoms with Gasteiger partial charge in [0, 0.05) is 6.66 Å². The van der Waals surface area contributed by atoms with Crippen LogP contribution in [-0.2, 0) is 13.9 Å². The number of hydrogen-bond acceptors (Lipinski definition) is 3. The maximum absolute atomic E-state index is 10.3. The van der Waals surface area contributed by atoms with Crippen LogP contribution in [0.2, 0.25) is 0 Å². The Labute approximate surface area is 59.4 Å². The van der Waals surface area contributed by atoms with Crippen molar-refractivity contribution in [3.63, 3.8) is 0 Å². The van der Waals surface area contributed by atoms with Crippen molar-refractivity contribution in [2.45, 2.75) is 0 Å². The summed E-state index contributed by atoms with van der Waals surface area (Å²) < 4.78 is 14.8. The minimum absolute atomic E-state index is 0.0831. The molecule has 0 aliphatic rings. The lowest BCUT2D eigenvalue weighted by molar-refractivity contribution is -0.132. The van der Waals surface area contributed by atoms with Crippen molar-refractivity contribution >= 4 is 14.0 Å². The number of rotatable bonds is 4. The number of aliphatic carboxylic acids is 1. The topological polar surface area (TPSA) is 63.6 Å². The van der Waals surface area contributed by atoms with E-state index in [0.29, 0.717) is 0 Å². The Bertz CT molecular complexity index is 174. The molecule has 0 aromatic heterocycles. The third-order valence-corrected chi connectivity index (χ3v) is 1.30. The third kappa shape index (κ3) is 4.30. The number of hydrogen-bond donors (Lipinski definition) is 1. The van der Waals surface area contributed by atoms with Crippen molar-refractivity contribution in [3.8, 4) is 0 Å². The van der Waals surface area contributed by atoms with Crippen LogP contribution in [0.1, 0.15) is 0 Å². The largest absolute Gasteiger partial charge is 0.478 e. The fourth-order valence-electron chi connectivity index (χ4n) is 0.250. The zero-order chi connectivity index (χ0) is 8.15. The second-order valence-electron chi connectivity index (χ2n) is 1.69. The second-order valence-corrected chi connectivity index (χ2v) is 2.96. The summed E-state index contributed by atoms with van der Waals surface area (Å²) in [6.07, 6.45) is 0. The van der Waals surface area contributed by atoms with Gasteiger partial charge in [-0.3, -0.25) is 4.57 Å². The van der Waals surface area contributed by atoms with Gasteiger partial charge >= 0.3 is 5.97 Å². The van der Waals surface area contributed by atoms with E-state index in [1.807, 2.05) is 0 Å². The number of carbonyl (C=O) groups is 1. The average Bonchev–Trinajstić information content (AvgIpc) is 1.82. The lowest BCUT2D eigenvalue weighted by Crippen LogP contribution is -2.03. The summed E-state index contributed by atoms with van der Waals surface area (Å²) in [4.78, 5) is 10.0. The highest BCUT2D eigenvalue weighted by Gasteiger charge is 2.03. The Hall–Kier alpha value is -0.600. The van der Waals surface area contributed by atoms with E-state index >= 15 is 0 Å². The van der Waals surface area contributed by atoms with Crippen molar-refractivity contribution in [2.75, 3.05) is 13.3 Å². The maximum atomic E-state index is 10.3. The SMILES string of the molecule is C=C(CO[PH](C)=O)C(=O)O. The molecule has 0 aromatic rings. The van der Waals surface area contributed by atoms with Gasteiger partial charge in [-0.1, -0.05) is 6.58 Å². The van der Waals surface area contributed by atoms with Crippen LogP contribution in [0, 0.1) is 0 Å². The van der Waals surface area contributed by atoms with Crippen molar-refractivity contribution in [1.29, 1.82) is 0 Å². The van der Waals surface area contributed by atoms with Gasteiger partial charge in [-0.15, -0.1) is 0 Å². The lowest BCUT2D eigenvalue weighted by Gasteiger charge is -1.98. The fourth-order valence-corrected chi connectivity index (χ4v) is 0.628. The molecule has 0 spiro atoms. The molecule has 0 saturated carbocycles. The highest BCUT2D eigenvalue weighted by Crippen LogP contribution is 2.15. The molecule has 4 nitrogen and oxygen atoms in total. The average molecular weight is 164 g/mol. The summed E-state index contributed by atoms with van der Waals surface area (Å²) in [5.41, 5.74) is -0.0831. The summed E-state index contributed by atoms with van der Waals surface area (Å²) in [6, 6.07) is 0. The van der Waals surface area contributed by atoms with E-state index in [9.17, 15) is 9.36 Å². The minimum atomic E-state index is -2.04. The molecule has 1 N–H and O–H groups in total. The van der Waals surface area contributed by atoms with Crippen LogP contribution >= 0.6 is 8.03 Å². The summed E-state index contributed by atoms with van der Waals surface area (Å²) in [6.45, 7) is 4.40. The van der Waals surface area contributed by atoms with Crippen molar-refractivity contribution < 1.29 is 19.0 Å². The molecule has 0 amide bonds. The monoisotopic (exact) mass is 164 g/mol. The highest BCUT2D eigenvalue weighted by atomic mass is 31.1. The first-order valence-electron chi connectivity index (χ1n) is 2.58. The van der Waals surface area contributed by atoms with Gasteiger partial charge in [0.25, 0.3) is 0 Å². The highest BCUT2D eigenvalue weighted by molar-refractivity contribution is 7.38. The lowest BCUT2D eigenvalue weighted by atomic mass is 10.3. The fraction of sp³-hybridized carbons (Fsp3) is 0.400. The van der Waals surface area contributed by atoms with Crippen LogP contribution in [0.25, 0.3) is 0 Å². The predicted octanol–water partition coefficient (Wildman–Crippen LogP) is 0.748. The molecule has 0 radical (unpaired) electrons. The van der Waals surface area contributed by atoms with Gasteiger partial charge in [0.2, 0.25) is 0 Å². The first kappa shape index (κ1) is 9.40.